The van der Waals surface area contributed by atoms with Crippen LogP contribution in [0.1, 0.15) is 35.3 Å². The Morgan fingerprint density at radius 1 is 1.14 bits per heavy atom. The van der Waals surface area contributed by atoms with Crippen LogP contribution < -0.4 is 0 Å². The minimum atomic E-state index is -0.298. The molecule has 1 saturated heterocycles. The van der Waals surface area contributed by atoms with Gasteiger partial charge in [0, 0.05) is 32.6 Å². The molecule has 0 unspecified atom stereocenters. The molecule has 0 atom stereocenters. The van der Waals surface area contributed by atoms with Crippen molar-refractivity contribution in [1.29, 1.82) is 0 Å². The number of benzene rings is 1. The number of amides is 1. The fourth-order valence-electron chi connectivity index (χ4n) is 4.36. The van der Waals surface area contributed by atoms with E-state index >= 15 is 0 Å². The summed E-state index contributed by atoms with van der Waals surface area (Å²) in [5, 5.41) is 10.5. The van der Waals surface area contributed by atoms with Gasteiger partial charge in [0.15, 0.2) is 0 Å². The maximum Gasteiger partial charge on any atom is 0.257 e. The number of hydrogen-bond acceptors (Lipinski definition) is 7. The van der Waals surface area contributed by atoms with Gasteiger partial charge in [0.1, 0.15) is 5.82 Å². The molecule has 1 aliphatic heterocycles. The summed E-state index contributed by atoms with van der Waals surface area (Å²) in [4.78, 5) is 23.0. The Kier molecular flexibility index (Phi) is 7.01. The number of aryl methyl sites for hydroxylation is 1. The van der Waals surface area contributed by atoms with Crippen LogP contribution in [0.4, 0.5) is 4.39 Å². The molecule has 0 aliphatic carbocycles. The largest absolute Gasteiger partial charge is 0.339 e. The maximum absolute atomic E-state index is 13.3. The Balaban J connectivity index is 1.13. The molecule has 182 valence electrons. The summed E-state index contributed by atoms with van der Waals surface area (Å²) in [6.07, 6.45) is 3.94. The highest BCUT2D eigenvalue weighted by atomic mass is 32.1. The highest BCUT2D eigenvalue weighted by Gasteiger charge is 2.26. The fourth-order valence-corrected chi connectivity index (χ4v) is 5.01. The molecule has 5 rings (SSSR count). The number of hydrogen-bond donors (Lipinski definition) is 0. The highest BCUT2D eigenvalue weighted by Crippen LogP contribution is 2.22. The van der Waals surface area contributed by atoms with E-state index in [2.05, 4.69) is 20.1 Å². The van der Waals surface area contributed by atoms with E-state index < -0.39 is 0 Å². The molecular formula is C25H27FN6O2S. The van der Waals surface area contributed by atoms with E-state index in [9.17, 15) is 9.18 Å². The first-order valence-corrected chi connectivity index (χ1v) is 12.7. The smallest absolute Gasteiger partial charge is 0.257 e. The van der Waals surface area contributed by atoms with E-state index in [0.29, 0.717) is 36.8 Å². The number of rotatable bonds is 8. The first kappa shape index (κ1) is 23.4. The predicted molar refractivity (Wildman–Crippen MR) is 131 cm³/mol. The van der Waals surface area contributed by atoms with E-state index in [4.69, 9.17) is 4.52 Å². The van der Waals surface area contributed by atoms with Crippen LogP contribution >= 0.6 is 11.3 Å². The van der Waals surface area contributed by atoms with Crippen LogP contribution in [0.3, 0.4) is 0 Å². The first-order valence-electron chi connectivity index (χ1n) is 11.8. The summed E-state index contributed by atoms with van der Waals surface area (Å²) >= 11 is 1.60. The van der Waals surface area contributed by atoms with Crippen LogP contribution in [-0.4, -0.2) is 68.4 Å². The molecule has 8 nitrogen and oxygen atoms in total. The second-order valence-electron chi connectivity index (χ2n) is 8.47. The van der Waals surface area contributed by atoms with Gasteiger partial charge in [0.2, 0.25) is 11.7 Å². The second kappa shape index (κ2) is 10.5. The predicted octanol–water partition coefficient (Wildman–Crippen LogP) is 4.08. The average molecular weight is 495 g/mol. The van der Waals surface area contributed by atoms with Crippen LogP contribution in [-0.2, 0) is 12.8 Å². The number of halogens is 1. The first-order chi connectivity index (χ1) is 17.1. The van der Waals surface area contributed by atoms with Gasteiger partial charge in [-0.05, 0) is 55.1 Å². The summed E-state index contributed by atoms with van der Waals surface area (Å²) in [5.41, 5.74) is 2.20. The lowest BCUT2D eigenvalue weighted by atomic mass is 10.1. The number of piperazine rings is 1. The van der Waals surface area contributed by atoms with Gasteiger partial charge in [0.25, 0.3) is 5.91 Å². The van der Waals surface area contributed by atoms with E-state index in [1.54, 1.807) is 34.3 Å². The van der Waals surface area contributed by atoms with Gasteiger partial charge in [-0.1, -0.05) is 18.1 Å². The molecule has 0 N–H and O–H groups in total. The van der Waals surface area contributed by atoms with Crippen LogP contribution in [0.5, 0.6) is 0 Å². The van der Waals surface area contributed by atoms with Crippen molar-refractivity contribution in [3.8, 4) is 16.4 Å². The Bertz CT molecular complexity index is 1260. The SMILES string of the molecule is CCc1c(C(=O)N2CCN(CCCc3nc(-c4cccs4)no3)CC2)cnn1-c1ccc(F)cc1. The zero-order valence-corrected chi connectivity index (χ0v) is 20.4. The van der Waals surface area contributed by atoms with Gasteiger partial charge in [-0.2, -0.15) is 10.1 Å². The van der Waals surface area contributed by atoms with E-state index in [1.807, 2.05) is 29.3 Å². The van der Waals surface area contributed by atoms with Crippen molar-refractivity contribution in [3.63, 3.8) is 0 Å². The van der Waals surface area contributed by atoms with Crippen LogP contribution in [0, 0.1) is 5.82 Å². The topological polar surface area (TPSA) is 80.3 Å². The Morgan fingerprint density at radius 2 is 1.94 bits per heavy atom. The average Bonchev–Trinajstić information content (AvgIpc) is 3.65. The Hall–Kier alpha value is -3.37. The number of thiophene rings is 1. The summed E-state index contributed by atoms with van der Waals surface area (Å²) < 4.78 is 20.4. The molecule has 1 aromatic carbocycles. The normalized spacial score (nSPS) is 14.5. The summed E-state index contributed by atoms with van der Waals surface area (Å²) in [6.45, 7) is 5.91. The van der Waals surface area contributed by atoms with Gasteiger partial charge < -0.3 is 9.42 Å². The zero-order chi connectivity index (χ0) is 24.2. The van der Waals surface area contributed by atoms with Crippen molar-refractivity contribution in [2.45, 2.75) is 26.2 Å². The molecule has 3 aromatic heterocycles. The molecule has 35 heavy (non-hydrogen) atoms. The zero-order valence-electron chi connectivity index (χ0n) is 19.6. The van der Waals surface area contributed by atoms with Crippen LogP contribution in [0.2, 0.25) is 0 Å². The second-order valence-corrected chi connectivity index (χ2v) is 9.42. The standard InChI is InChI=1S/C25H27FN6O2S/c1-2-21-20(17-27-32(21)19-9-7-18(26)8-10-19)25(33)31-14-12-30(13-15-31)11-3-6-23-28-24(29-34-23)22-5-4-16-35-22/h4-5,7-10,16-17H,2-3,6,11-15H2,1H3. The Labute approximate surface area is 207 Å². The lowest BCUT2D eigenvalue weighted by Crippen LogP contribution is -2.49. The van der Waals surface area contributed by atoms with Crippen molar-refractivity contribution in [1.82, 2.24) is 29.7 Å². The van der Waals surface area contributed by atoms with Gasteiger partial charge in [-0.3, -0.25) is 9.69 Å². The molecule has 0 spiro atoms. The third-order valence-corrected chi connectivity index (χ3v) is 7.11. The quantitative estimate of drug-likeness (QED) is 0.367. The molecule has 1 aliphatic rings. The van der Waals surface area contributed by atoms with Gasteiger partial charge in [-0.25, -0.2) is 9.07 Å². The minimum absolute atomic E-state index is 0.00169. The van der Waals surface area contributed by atoms with Gasteiger partial charge >= 0.3 is 0 Å². The van der Waals surface area contributed by atoms with Gasteiger partial charge in [0.05, 0.1) is 28.0 Å². The lowest BCUT2D eigenvalue weighted by Gasteiger charge is -2.34. The number of carbonyl (C=O) groups is 1. The molecule has 10 heteroatoms. The minimum Gasteiger partial charge on any atom is -0.339 e. The van der Waals surface area contributed by atoms with Gasteiger partial charge in [-0.15, -0.1) is 11.3 Å². The van der Waals surface area contributed by atoms with Crippen molar-refractivity contribution in [3.05, 3.63) is 70.9 Å². The van der Waals surface area contributed by atoms with Crippen molar-refractivity contribution < 1.29 is 13.7 Å². The summed E-state index contributed by atoms with van der Waals surface area (Å²) in [7, 11) is 0. The van der Waals surface area contributed by atoms with Crippen molar-refractivity contribution in [2.24, 2.45) is 0 Å². The molecule has 0 bridgehead atoms. The monoisotopic (exact) mass is 494 g/mol. The van der Waals surface area contributed by atoms with Crippen molar-refractivity contribution >= 4 is 17.2 Å². The highest BCUT2D eigenvalue weighted by molar-refractivity contribution is 7.13. The summed E-state index contributed by atoms with van der Waals surface area (Å²) in [5.74, 6) is 1.01. The number of nitrogens with zero attached hydrogens (tertiary/aromatic N) is 6. The molecule has 0 radical (unpaired) electrons. The fraction of sp³-hybridized carbons (Fsp3) is 0.360. The van der Waals surface area contributed by atoms with E-state index in [-0.39, 0.29) is 11.7 Å². The van der Waals surface area contributed by atoms with E-state index in [0.717, 1.165) is 48.7 Å². The lowest BCUT2D eigenvalue weighted by molar-refractivity contribution is 0.0634. The molecular weight excluding hydrogens is 467 g/mol. The van der Waals surface area contributed by atoms with Crippen molar-refractivity contribution in [2.75, 3.05) is 32.7 Å². The maximum atomic E-state index is 13.3. The number of carbonyl (C=O) groups excluding carboxylic acids is 1. The molecule has 1 amide bonds. The molecule has 1 fully saturated rings. The Morgan fingerprint density at radius 3 is 2.66 bits per heavy atom. The molecule has 0 saturated carbocycles. The van der Waals surface area contributed by atoms with Crippen LogP contribution in [0.25, 0.3) is 16.4 Å². The molecule has 4 heterocycles. The number of aromatic nitrogens is 4. The summed E-state index contributed by atoms with van der Waals surface area (Å²) in [6, 6.07) is 10.1. The third kappa shape index (κ3) is 5.18. The van der Waals surface area contributed by atoms with E-state index in [1.165, 1.54) is 12.1 Å². The molecule has 4 aromatic rings. The van der Waals surface area contributed by atoms with Crippen LogP contribution in [0.15, 0.2) is 52.5 Å². The third-order valence-electron chi connectivity index (χ3n) is 6.24.